The van der Waals surface area contributed by atoms with Crippen molar-refractivity contribution in [3.8, 4) is 0 Å². The van der Waals surface area contributed by atoms with Crippen LogP contribution in [0.3, 0.4) is 0 Å². The smallest absolute Gasteiger partial charge is 0.338 e. The molecule has 1 aliphatic rings. The Bertz CT molecular complexity index is 1800. The molecule has 3 heterocycles. The maximum absolute atomic E-state index is 13.4. The number of nitrogens with two attached hydrogens (primary N) is 1. The second-order valence-corrected chi connectivity index (χ2v) is 10.0. The van der Waals surface area contributed by atoms with E-state index in [0.29, 0.717) is 5.56 Å². The van der Waals surface area contributed by atoms with Crippen LogP contribution >= 0.6 is 11.6 Å². The first-order valence-electron chi connectivity index (χ1n) is 13.4. The number of carbonyl (C=O) groups is 3. The first-order chi connectivity index (χ1) is 21.4. The highest BCUT2D eigenvalue weighted by molar-refractivity contribution is 6.28. The van der Waals surface area contributed by atoms with Crippen LogP contribution in [0.2, 0.25) is 5.28 Å². The van der Waals surface area contributed by atoms with Gasteiger partial charge in [-0.1, -0.05) is 54.6 Å². The standard InChI is InChI=1S/C31H24ClN5O7/c32-31-35-25(33)22-26(36-31)34-17-37(22)27-24(44-30(40)20-14-8-3-9-15-20)23(43-29(39)19-12-6-2-7-13-19)21(42-27)16-41-28(38)18-10-4-1-5-11-18/h1-15,17,21,23-24,27H,16H2,(H2,33,35,36)/t21-,23?,24+,27+/m1/s1. The van der Waals surface area contributed by atoms with Crippen LogP contribution in [0.4, 0.5) is 5.82 Å². The lowest BCUT2D eigenvalue weighted by atomic mass is 10.1. The number of hydrogen-bond donors (Lipinski definition) is 1. The minimum absolute atomic E-state index is 0.00831. The number of esters is 3. The molecule has 1 aliphatic heterocycles. The molecule has 13 heteroatoms. The number of ether oxygens (including phenoxy) is 4. The normalized spacial score (nSPS) is 19.4. The molecule has 6 rings (SSSR count). The Morgan fingerprint density at radius 1 is 0.773 bits per heavy atom. The van der Waals surface area contributed by atoms with Gasteiger partial charge >= 0.3 is 17.9 Å². The molecule has 0 spiro atoms. The van der Waals surface area contributed by atoms with Gasteiger partial charge in [0.1, 0.15) is 24.6 Å². The average molecular weight is 614 g/mol. The van der Waals surface area contributed by atoms with E-state index < -0.39 is 42.4 Å². The lowest BCUT2D eigenvalue weighted by Crippen LogP contribution is -2.41. The molecular weight excluding hydrogens is 590 g/mol. The molecule has 1 saturated heterocycles. The molecule has 0 saturated carbocycles. The predicted octanol–water partition coefficient (Wildman–Crippen LogP) is 4.27. The predicted molar refractivity (Wildman–Crippen MR) is 157 cm³/mol. The molecule has 12 nitrogen and oxygen atoms in total. The van der Waals surface area contributed by atoms with Gasteiger partial charge in [-0.05, 0) is 48.0 Å². The van der Waals surface area contributed by atoms with Crippen LogP contribution in [0.15, 0.2) is 97.3 Å². The zero-order chi connectivity index (χ0) is 30.6. The van der Waals surface area contributed by atoms with E-state index >= 15 is 0 Å². The van der Waals surface area contributed by atoms with E-state index in [1.54, 1.807) is 91.0 Å². The highest BCUT2D eigenvalue weighted by atomic mass is 35.5. The van der Waals surface area contributed by atoms with Crippen molar-refractivity contribution >= 4 is 46.5 Å². The van der Waals surface area contributed by atoms with Crippen molar-refractivity contribution in [1.82, 2.24) is 19.5 Å². The first kappa shape index (κ1) is 28.8. The number of nitrogen functional groups attached to an aromatic ring is 1. The maximum Gasteiger partial charge on any atom is 0.338 e. The second-order valence-electron chi connectivity index (χ2n) is 9.70. The van der Waals surface area contributed by atoms with E-state index in [2.05, 4.69) is 15.0 Å². The quantitative estimate of drug-likeness (QED) is 0.151. The van der Waals surface area contributed by atoms with Gasteiger partial charge in [0.15, 0.2) is 29.9 Å². The van der Waals surface area contributed by atoms with Gasteiger partial charge in [-0.2, -0.15) is 9.97 Å². The van der Waals surface area contributed by atoms with Crippen LogP contribution in [-0.2, 0) is 18.9 Å². The largest absolute Gasteiger partial charge is 0.459 e. The third-order valence-electron chi connectivity index (χ3n) is 6.88. The summed E-state index contributed by atoms with van der Waals surface area (Å²) in [6.07, 6.45) is -3.37. The molecule has 0 bridgehead atoms. The van der Waals surface area contributed by atoms with Crippen molar-refractivity contribution in [2.24, 2.45) is 0 Å². The molecule has 0 amide bonds. The van der Waals surface area contributed by atoms with Crippen LogP contribution in [-0.4, -0.2) is 62.3 Å². The molecule has 1 unspecified atom stereocenters. The summed E-state index contributed by atoms with van der Waals surface area (Å²) in [7, 11) is 0. The summed E-state index contributed by atoms with van der Waals surface area (Å²) in [5, 5.41) is -0.111. The van der Waals surface area contributed by atoms with Gasteiger partial charge in [-0.3, -0.25) is 4.57 Å². The average Bonchev–Trinajstić information content (AvgIpc) is 3.62. The molecule has 2 aromatic heterocycles. The van der Waals surface area contributed by atoms with Gasteiger partial charge in [-0.25, -0.2) is 19.4 Å². The number of imidazole rings is 1. The fraction of sp³-hybridized carbons (Fsp3) is 0.161. The summed E-state index contributed by atoms with van der Waals surface area (Å²) in [6.45, 7) is -0.346. The number of rotatable bonds is 8. The van der Waals surface area contributed by atoms with Crippen molar-refractivity contribution < 1.29 is 33.3 Å². The molecule has 1 fully saturated rings. The first-order valence-corrected chi connectivity index (χ1v) is 13.8. The number of hydrogen-bond acceptors (Lipinski definition) is 11. The van der Waals surface area contributed by atoms with Crippen LogP contribution < -0.4 is 5.73 Å². The lowest BCUT2D eigenvalue weighted by Gasteiger charge is -2.25. The topological polar surface area (TPSA) is 158 Å². The lowest BCUT2D eigenvalue weighted by molar-refractivity contribution is -0.0604. The zero-order valence-corrected chi connectivity index (χ0v) is 23.6. The fourth-order valence-corrected chi connectivity index (χ4v) is 4.99. The van der Waals surface area contributed by atoms with Gasteiger partial charge in [0.05, 0.1) is 16.7 Å². The molecule has 3 aromatic carbocycles. The zero-order valence-electron chi connectivity index (χ0n) is 22.9. The van der Waals surface area contributed by atoms with E-state index in [1.165, 1.54) is 10.9 Å². The van der Waals surface area contributed by atoms with E-state index in [9.17, 15) is 14.4 Å². The fourth-order valence-electron chi connectivity index (χ4n) is 4.82. The molecule has 4 atom stereocenters. The van der Waals surface area contributed by atoms with Crippen molar-refractivity contribution in [2.75, 3.05) is 12.3 Å². The summed E-state index contributed by atoms with van der Waals surface area (Å²) in [4.78, 5) is 51.9. The third kappa shape index (κ3) is 5.93. The molecule has 0 aliphatic carbocycles. The summed E-state index contributed by atoms with van der Waals surface area (Å²) < 4.78 is 25.3. The summed E-state index contributed by atoms with van der Waals surface area (Å²) >= 11 is 5.98. The number of nitrogens with zero attached hydrogens (tertiary/aromatic N) is 4. The number of benzene rings is 3. The monoisotopic (exact) mass is 613 g/mol. The Hall–Kier alpha value is -5.33. The Balaban J connectivity index is 1.39. The van der Waals surface area contributed by atoms with E-state index in [4.69, 9.17) is 36.3 Å². The highest BCUT2D eigenvalue weighted by Crippen LogP contribution is 2.37. The van der Waals surface area contributed by atoms with Crippen molar-refractivity contribution in [1.29, 1.82) is 0 Å². The van der Waals surface area contributed by atoms with Crippen molar-refractivity contribution in [2.45, 2.75) is 24.5 Å². The summed E-state index contributed by atoms with van der Waals surface area (Å²) in [5.41, 5.74) is 7.41. The van der Waals surface area contributed by atoms with Crippen molar-refractivity contribution in [3.05, 3.63) is 119 Å². The molecule has 0 radical (unpaired) electrons. The van der Waals surface area contributed by atoms with Gasteiger partial charge in [-0.15, -0.1) is 0 Å². The SMILES string of the molecule is Nc1nc(Cl)nc2ncn([C@H]3O[C@H](COC(=O)c4ccccc4)C(OC(=O)c4ccccc4)[C@@H]3OC(=O)c3ccccc3)c12. The van der Waals surface area contributed by atoms with Crippen LogP contribution in [0.5, 0.6) is 0 Å². The highest BCUT2D eigenvalue weighted by Gasteiger charge is 2.52. The van der Waals surface area contributed by atoms with Crippen LogP contribution in [0.25, 0.3) is 11.2 Å². The Kier molecular flexibility index (Phi) is 8.17. The van der Waals surface area contributed by atoms with Gasteiger partial charge in [0, 0.05) is 0 Å². The van der Waals surface area contributed by atoms with E-state index in [0.717, 1.165) is 0 Å². The number of fused-ring (bicyclic) bond motifs is 1. The third-order valence-corrected chi connectivity index (χ3v) is 7.05. The Labute approximate surface area is 255 Å². The maximum atomic E-state index is 13.4. The molecule has 222 valence electrons. The van der Waals surface area contributed by atoms with Crippen LogP contribution in [0.1, 0.15) is 37.3 Å². The van der Waals surface area contributed by atoms with E-state index in [-0.39, 0.29) is 40.0 Å². The van der Waals surface area contributed by atoms with Gasteiger partial charge in [0.2, 0.25) is 5.28 Å². The summed E-state index contributed by atoms with van der Waals surface area (Å²) in [6, 6.07) is 24.9. The number of halogens is 1. The molecule has 5 aromatic rings. The number of aromatic nitrogens is 4. The number of anilines is 1. The Morgan fingerprint density at radius 2 is 1.30 bits per heavy atom. The molecular formula is C31H24ClN5O7. The minimum atomic E-state index is -1.26. The van der Waals surface area contributed by atoms with Crippen LogP contribution in [0, 0.1) is 0 Å². The number of carbonyl (C=O) groups excluding carboxylic acids is 3. The van der Waals surface area contributed by atoms with Gasteiger partial charge < -0.3 is 24.7 Å². The Morgan fingerprint density at radius 3 is 1.86 bits per heavy atom. The molecule has 44 heavy (non-hydrogen) atoms. The summed E-state index contributed by atoms with van der Waals surface area (Å²) in [5.74, 6) is -2.04. The minimum Gasteiger partial charge on any atom is -0.459 e. The van der Waals surface area contributed by atoms with Gasteiger partial charge in [0.25, 0.3) is 0 Å². The second kappa shape index (κ2) is 12.5. The van der Waals surface area contributed by atoms with E-state index in [1.807, 2.05) is 0 Å². The molecule has 2 N–H and O–H groups in total. The van der Waals surface area contributed by atoms with Crippen molar-refractivity contribution in [3.63, 3.8) is 0 Å².